The van der Waals surface area contributed by atoms with E-state index in [0.29, 0.717) is 11.1 Å². The summed E-state index contributed by atoms with van der Waals surface area (Å²) in [6.07, 6.45) is 2.43. The van der Waals surface area contributed by atoms with Crippen molar-refractivity contribution in [3.05, 3.63) is 41.0 Å². The van der Waals surface area contributed by atoms with Crippen molar-refractivity contribution in [3.8, 4) is 0 Å². The van der Waals surface area contributed by atoms with Gasteiger partial charge in [-0.3, -0.25) is 9.59 Å². The van der Waals surface area contributed by atoms with E-state index in [4.69, 9.17) is 5.11 Å². The van der Waals surface area contributed by atoms with Gasteiger partial charge in [0.15, 0.2) is 0 Å². The van der Waals surface area contributed by atoms with Crippen LogP contribution in [-0.2, 0) is 9.59 Å². The topological polar surface area (TPSA) is 95.5 Å². The molecule has 0 aliphatic rings. The second-order valence-electron chi connectivity index (χ2n) is 4.10. The van der Waals surface area contributed by atoms with Crippen molar-refractivity contribution in [2.24, 2.45) is 0 Å². The van der Waals surface area contributed by atoms with E-state index in [9.17, 15) is 14.4 Å². The van der Waals surface area contributed by atoms with E-state index in [1.54, 1.807) is 18.2 Å². The number of aryl methyl sites for hydroxylation is 1. The van der Waals surface area contributed by atoms with Gasteiger partial charge in [0.05, 0.1) is 6.54 Å². The Balaban J connectivity index is 2.86. The minimum Gasteiger partial charge on any atom is -0.478 e. The molecular formula is C14H16N2O4. The number of hydrogen-bond acceptors (Lipinski definition) is 3. The summed E-state index contributed by atoms with van der Waals surface area (Å²) in [5, 5.41) is 13.5. The highest BCUT2D eigenvalue weighted by atomic mass is 16.4. The predicted molar refractivity (Wildman–Crippen MR) is 74.2 cm³/mol. The zero-order chi connectivity index (χ0) is 15.1. The summed E-state index contributed by atoms with van der Waals surface area (Å²) in [5.74, 6) is -1.74. The van der Waals surface area contributed by atoms with E-state index in [-0.39, 0.29) is 12.5 Å². The zero-order valence-corrected chi connectivity index (χ0v) is 11.3. The molecule has 2 amide bonds. The molecule has 0 saturated heterocycles. The quantitative estimate of drug-likeness (QED) is 0.685. The summed E-state index contributed by atoms with van der Waals surface area (Å²) in [5.41, 5.74) is 1.86. The van der Waals surface area contributed by atoms with E-state index >= 15 is 0 Å². The van der Waals surface area contributed by atoms with Crippen LogP contribution in [0.4, 0.5) is 0 Å². The maximum atomic E-state index is 11.8. The molecule has 106 valence electrons. The van der Waals surface area contributed by atoms with Crippen molar-refractivity contribution in [1.29, 1.82) is 0 Å². The third-order valence-corrected chi connectivity index (χ3v) is 2.64. The van der Waals surface area contributed by atoms with Gasteiger partial charge >= 0.3 is 5.97 Å². The lowest BCUT2D eigenvalue weighted by molar-refractivity contribution is -0.131. The Morgan fingerprint density at radius 1 is 1.30 bits per heavy atom. The van der Waals surface area contributed by atoms with Crippen LogP contribution in [0.1, 0.15) is 21.5 Å². The summed E-state index contributed by atoms with van der Waals surface area (Å²) in [6.45, 7) is 1.71. The number of likely N-dealkylation sites (N-methyl/N-ethyl adjacent to an activating group) is 1. The fraction of sp³-hybridized carbons (Fsp3) is 0.214. The SMILES string of the molecule is CNC(=O)CNC(=O)c1ccc(C)c(/C=C/C(=O)O)c1. The number of carbonyl (C=O) groups excluding carboxylic acids is 2. The smallest absolute Gasteiger partial charge is 0.328 e. The molecule has 6 nitrogen and oxygen atoms in total. The lowest BCUT2D eigenvalue weighted by atomic mass is 10.0. The Kier molecular flexibility index (Phi) is 5.46. The normalized spacial score (nSPS) is 10.3. The van der Waals surface area contributed by atoms with Crippen molar-refractivity contribution in [2.75, 3.05) is 13.6 Å². The summed E-state index contributed by atoms with van der Waals surface area (Å²) >= 11 is 0. The number of carbonyl (C=O) groups is 3. The van der Waals surface area contributed by atoms with Crippen LogP contribution in [0.25, 0.3) is 6.08 Å². The van der Waals surface area contributed by atoms with E-state index in [0.717, 1.165) is 11.6 Å². The monoisotopic (exact) mass is 276 g/mol. The fourth-order valence-corrected chi connectivity index (χ4v) is 1.47. The molecule has 6 heteroatoms. The Labute approximate surface area is 116 Å². The number of hydrogen-bond donors (Lipinski definition) is 3. The number of aliphatic carboxylic acids is 1. The van der Waals surface area contributed by atoms with Crippen LogP contribution in [0.2, 0.25) is 0 Å². The van der Waals surface area contributed by atoms with Crippen LogP contribution in [0, 0.1) is 6.92 Å². The van der Waals surface area contributed by atoms with E-state index in [2.05, 4.69) is 10.6 Å². The highest BCUT2D eigenvalue weighted by Gasteiger charge is 2.08. The Hall–Kier alpha value is -2.63. The molecular weight excluding hydrogens is 260 g/mol. The fourth-order valence-electron chi connectivity index (χ4n) is 1.47. The molecule has 0 unspecified atom stereocenters. The molecule has 20 heavy (non-hydrogen) atoms. The van der Waals surface area contributed by atoms with Gasteiger partial charge in [0.25, 0.3) is 5.91 Å². The van der Waals surface area contributed by atoms with Crippen LogP contribution in [0.3, 0.4) is 0 Å². The molecule has 0 aliphatic heterocycles. The van der Waals surface area contributed by atoms with Crippen molar-refractivity contribution >= 4 is 23.9 Å². The van der Waals surface area contributed by atoms with Gasteiger partial charge < -0.3 is 15.7 Å². The van der Waals surface area contributed by atoms with Gasteiger partial charge in [-0.05, 0) is 36.3 Å². The molecule has 0 radical (unpaired) electrons. The molecule has 0 atom stereocenters. The molecule has 0 aliphatic carbocycles. The van der Waals surface area contributed by atoms with Crippen molar-refractivity contribution in [3.63, 3.8) is 0 Å². The minimum atomic E-state index is -1.06. The molecule has 0 heterocycles. The summed E-state index contributed by atoms with van der Waals surface area (Å²) < 4.78 is 0. The van der Waals surface area contributed by atoms with Crippen molar-refractivity contribution in [2.45, 2.75) is 6.92 Å². The van der Waals surface area contributed by atoms with Crippen LogP contribution in [0.15, 0.2) is 24.3 Å². The van der Waals surface area contributed by atoms with Crippen LogP contribution >= 0.6 is 0 Å². The molecule has 0 fully saturated rings. The lowest BCUT2D eigenvalue weighted by Gasteiger charge is -2.07. The molecule has 0 spiro atoms. The van der Waals surface area contributed by atoms with Gasteiger partial charge in [-0.2, -0.15) is 0 Å². The standard InChI is InChI=1S/C14H16N2O4/c1-9-3-4-11(7-10(9)5-6-13(18)19)14(20)16-8-12(17)15-2/h3-7H,8H2,1-2H3,(H,15,17)(H,16,20)(H,18,19)/b6-5+. The number of amides is 2. The van der Waals surface area contributed by atoms with Crippen LogP contribution in [-0.4, -0.2) is 36.5 Å². The maximum Gasteiger partial charge on any atom is 0.328 e. The molecule has 1 aromatic carbocycles. The lowest BCUT2D eigenvalue weighted by Crippen LogP contribution is -2.35. The summed E-state index contributed by atoms with van der Waals surface area (Å²) in [4.78, 5) is 33.4. The summed E-state index contributed by atoms with van der Waals surface area (Å²) in [7, 11) is 1.48. The molecule has 1 rings (SSSR count). The van der Waals surface area contributed by atoms with E-state index in [1.807, 2.05) is 6.92 Å². The maximum absolute atomic E-state index is 11.8. The Morgan fingerprint density at radius 2 is 2.00 bits per heavy atom. The number of carboxylic acids is 1. The minimum absolute atomic E-state index is 0.108. The third kappa shape index (κ3) is 4.56. The number of carboxylic acid groups (broad SMARTS) is 1. The zero-order valence-electron chi connectivity index (χ0n) is 11.3. The van der Waals surface area contributed by atoms with Gasteiger partial charge in [0, 0.05) is 18.7 Å². The van der Waals surface area contributed by atoms with Gasteiger partial charge in [0.2, 0.25) is 5.91 Å². The first-order valence-electron chi connectivity index (χ1n) is 5.94. The average molecular weight is 276 g/mol. The molecule has 0 bridgehead atoms. The highest BCUT2D eigenvalue weighted by molar-refractivity contribution is 5.97. The largest absolute Gasteiger partial charge is 0.478 e. The summed E-state index contributed by atoms with van der Waals surface area (Å²) in [6, 6.07) is 4.91. The first kappa shape index (κ1) is 15.4. The van der Waals surface area contributed by atoms with Crippen molar-refractivity contribution in [1.82, 2.24) is 10.6 Å². The van der Waals surface area contributed by atoms with Gasteiger partial charge in [0.1, 0.15) is 0 Å². The number of rotatable bonds is 5. The van der Waals surface area contributed by atoms with Crippen LogP contribution in [0.5, 0.6) is 0 Å². The molecule has 0 saturated carbocycles. The number of nitrogens with one attached hydrogen (secondary N) is 2. The van der Waals surface area contributed by atoms with Gasteiger partial charge in [-0.15, -0.1) is 0 Å². The second-order valence-corrected chi connectivity index (χ2v) is 4.10. The molecule has 1 aromatic rings. The Bertz CT molecular complexity index is 564. The predicted octanol–water partition coefficient (Wildman–Crippen LogP) is 0.569. The third-order valence-electron chi connectivity index (χ3n) is 2.64. The molecule has 3 N–H and O–H groups in total. The van der Waals surface area contributed by atoms with Gasteiger partial charge in [-0.25, -0.2) is 4.79 Å². The first-order chi connectivity index (χ1) is 9.43. The Morgan fingerprint density at radius 3 is 2.60 bits per heavy atom. The average Bonchev–Trinajstić information content (AvgIpc) is 2.43. The van der Waals surface area contributed by atoms with E-state index < -0.39 is 11.9 Å². The second kappa shape index (κ2) is 7.08. The van der Waals surface area contributed by atoms with E-state index in [1.165, 1.54) is 13.1 Å². The van der Waals surface area contributed by atoms with Crippen molar-refractivity contribution < 1.29 is 19.5 Å². The number of benzene rings is 1. The van der Waals surface area contributed by atoms with Crippen LogP contribution < -0.4 is 10.6 Å². The van der Waals surface area contributed by atoms with Gasteiger partial charge in [-0.1, -0.05) is 6.07 Å². The first-order valence-corrected chi connectivity index (χ1v) is 5.94. The molecule has 0 aromatic heterocycles. The highest BCUT2D eigenvalue weighted by Crippen LogP contribution is 2.13.